The summed E-state index contributed by atoms with van der Waals surface area (Å²) in [6, 6.07) is 8.75. The number of H-pyrrole nitrogens is 1. The lowest BCUT2D eigenvalue weighted by Crippen LogP contribution is -2.11. The molecule has 0 fully saturated rings. The molecule has 0 aliphatic carbocycles. The van der Waals surface area contributed by atoms with Gasteiger partial charge in [0.05, 0.1) is 21.2 Å². The second-order valence-corrected chi connectivity index (χ2v) is 5.18. The first kappa shape index (κ1) is 12.8. The molecule has 2 N–H and O–H groups in total. The van der Waals surface area contributed by atoms with Gasteiger partial charge in [0.1, 0.15) is 0 Å². The molecule has 1 aromatic carbocycles. The van der Waals surface area contributed by atoms with Crippen LogP contribution in [0.15, 0.2) is 35.7 Å². The van der Waals surface area contributed by atoms with Crippen LogP contribution < -0.4 is 5.32 Å². The quantitative estimate of drug-likeness (QED) is 0.779. The van der Waals surface area contributed by atoms with Crippen LogP contribution in [0, 0.1) is 0 Å². The predicted molar refractivity (Wildman–Crippen MR) is 76.9 cm³/mol. The summed E-state index contributed by atoms with van der Waals surface area (Å²) >= 11 is 7.52. The Hall–Kier alpha value is -2.25. The number of hydrogen-bond acceptors (Lipinski definition) is 5. The molecule has 1 amide bonds. The molecule has 6 nitrogen and oxygen atoms in total. The van der Waals surface area contributed by atoms with E-state index in [-0.39, 0.29) is 5.91 Å². The van der Waals surface area contributed by atoms with Gasteiger partial charge in [0.15, 0.2) is 0 Å². The molecule has 0 saturated carbocycles. The van der Waals surface area contributed by atoms with Crippen molar-refractivity contribution in [2.75, 3.05) is 5.32 Å². The van der Waals surface area contributed by atoms with Crippen molar-refractivity contribution in [3.63, 3.8) is 0 Å². The van der Waals surface area contributed by atoms with E-state index in [9.17, 15) is 4.79 Å². The molecule has 0 radical (unpaired) electrons. The predicted octanol–water partition coefficient (Wildman–Crippen LogP) is 2.83. The average molecular weight is 306 g/mol. The van der Waals surface area contributed by atoms with Crippen LogP contribution in [0.5, 0.6) is 0 Å². The van der Waals surface area contributed by atoms with E-state index in [1.807, 2.05) is 11.4 Å². The van der Waals surface area contributed by atoms with Crippen molar-refractivity contribution in [1.82, 2.24) is 20.6 Å². The Balaban J connectivity index is 1.98. The Bertz CT molecular complexity index is 726. The fourth-order valence-corrected chi connectivity index (χ4v) is 2.59. The van der Waals surface area contributed by atoms with E-state index < -0.39 is 0 Å². The summed E-state index contributed by atoms with van der Waals surface area (Å²) in [5.41, 5.74) is 1.07. The molecule has 2 aromatic heterocycles. The van der Waals surface area contributed by atoms with Crippen LogP contribution in [0.1, 0.15) is 9.67 Å². The van der Waals surface area contributed by atoms with E-state index in [2.05, 4.69) is 25.9 Å². The third kappa shape index (κ3) is 2.40. The molecule has 0 atom stereocenters. The number of carbonyl (C=O) groups excluding carboxylic acids is 1. The maximum atomic E-state index is 12.1. The van der Waals surface area contributed by atoms with Crippen LogP contribution in [0.3, 0.4) is 0 Å². The average Bonchev–Trinajstić information content (AvgIpc) is 3.12. The summed E-state index contributed by atoms with van der Waals surface area (Å²) in [7, 11) is 0. The molecule has 3 rings (SSSR count). The fraction of sp³-hybridized carbons (Fsp3) is 0. The molecule has 0 spiro atoms. The van der Waals surface area contributed by atoms with E-state index in [0.29, 0.717) is 27.0 Å². The minimum atomic E-state index is -0.202. The highest BCUT2D eigenvalue weighted by Gasteiger charge is 2.16. The molecule has 100 valence electrons. The summed E-state index contributed by atoms with van der Waals surface area (Å²) in [5.74, 6) is 0.129. The second kappa shape index (κ2) is 5.40. The van der Waals surface area contributed by atoms with Gasteiger partial charge in [-0.15, -0.1) is 21.5 Å². The number of carbonyl (C=O) groups is 1. The summed E-state index contributed by atoms with van der Waals surface area (Å²) < 4.78 is 0. The van der Waals surface area contributed by atoms with Gasteiger partial charge in [-0.2, -0.15) is 5.21 Å². The monoisotopic (exact) mass is 305 g/mol. The van der Waals surface area contributed by atoms with Crippen molar-refractivity contribution in [1.29, 1.82) is 0 Å². The molecule has 0 bridgehead atoms. The van der Waals surface area contributed by atoms with Gasteiger partial charge < -0.3 is 5.32 Å². The molecule has 0 aliphatic heterocycles. The van der Waals surface area contributed by atoms with Crippen molar-refractivity contribution < 1.29 is 4.79 Å². The number of anilines is 1. The lowest BCUT2D eigenvalue weighted by molar-refractivity contribution is 0.103. The van der Waals surface area contributed by atoms with Crippen molar-refractivity contribution in [3.05, 3.63) is 45.6 Å². The van der Waals surface area contributed by atoms with E-state index in [1.165, 1.54) is 11.3 Å². The molecule has 0 saturated heterocycles. The fourth-order valence-electron chi connectivity index (χ4n) is 1.71. The number of thiophene rings is 1. The highest BCUT2D eigenvalue weighted by Crippen LogP contribution is 2.32. The Kier molecular flexibility index (Phi) is 3.44. The molecule has 0 unspecified atom stereocenters. The Morgan fingerprint density at radius 1 is 1.30 bits per heavy atom. The minimum Gasteiger partial charge on any atom is -0.321 e. The summed E-state index contributed by atoms with van der Waals surface area (Å²) in [6.07, 6.45) is 0. The maximum absolute atomic E-state index is 12.1. The number of halogens is 1. The SMILES string of the molecule is O=C(Nc1cccc(Cl)c1-c1nn[nH]n1)c1cccs1. The smallest absolute Gasteiger partial charge is 0.265 e. The highest BCUT2D eigenvalue weighted by molar-refractivity contribution is 7.12. The van der Waals surface area contributed by atoms with E-state index >= 15 is 0 Å². The highest BCUT2D eigenvalue weighted by atomic mass is 35.5. The van der Waals surface area contributed by atoms with E-state index in [4.69, 9.17) is 11.6 Å². The number of tetrazole rings is 1. The molecule has 8 heteroatoms. The maximum Gasteiger partial charge on any atom is 0.265 e. The Labute approximate surface area is 122 Å². The van der Waals surface area contributed by atoms with Crippen LogP contribution in [0.25, 0.3) is 11.4 Å². The van der Waals surface area contributed by atoms with E-state index in [1.54, 1.807) is 24.3 Å². The van der Waals surface area contributed by atoms with Crippen molar-refractivity contribution in [2.45, 2.75) is 0 Å². The normalized spacial score (nSPS) is 10.4. The zero-order valence-electron chi connectivity index (χ0n) is 10.0. The van der Waals surface area contributed by atoms with Crippen LogP contribution in [-0.2, 0) is 0 Å². The van der Waals surface area contributed by atoms with Gasteiger partial charge in [0.25, 0.3) is 5.91 Å². The number of rotatable bonds is 3. The molecular formula is C12H8ClN5OS. The molecule has 3 aromatic rings. The van der Waals surface area contributed by atoms with Crippen molar-refractivity contribution in [3.8, 4) is 11.4 Å². The van der Waals surface area contributed by atoms with Gasteiger partial charge >= 0.3 is 0 Å². The first-order valence-electron chi connectivity index (χ1n) is 5.63. The zero-order chi connectivity index (χ0) is 13.9. The number of aromatic nitrogens is 4. The van der Waals surface area contributed by atoms with Crippen LogP contribution >= 0.6 is 22.9 Å². The number of amides is 1. The third-order valence-corrected chi connectivity index (χ3v) is 3.76. The topological polar surface area (TPSA) is 83.6 Å². The minimum absolute atomic E-state index is 0.202. The van der Waals surface area contributed by atoms with Crippen LogP contribution in [0.2, 0.25) is 5.02 Å². The molecule has 2 heterocycles. The number of benzene rings is 1. The third-order valence-electron chi connectivity index (χ3n) is 2.58. The molecular weight excluding hydrogens is 298 g/mol. The Morgan fingerprint density at radius 3 is 2.90 bits per heavy atom. The van der Waals surface area contributed by atoms with Gasteiger partial charge in [-0.05, 0) is 28.8 Å². The van der Waals surface area contributed by atoms with Gasteiger partial charge in [0, 0.05) is 0 Å². The first-order chi connectivity index (χ1) is 9.75. The number of nitrogens with one attached hydrogen (secondary N) is 2. The standard InChI is InChI=1S/C12H8ClN5OS/c13-7-3-1-4-8(10(7)11-15-17-18-16-11)14-12(19)9-5-2-6-20-9/h1-6H,(H,14,19)(H,15,16,17,18). The number of nitrogens with zero attached hydrogens (tertiary/aromatic N) is 3. The van der Waals surface area contributed by atoms with Gasteiger partial charge in [-0.1, -0.05) is 23.7 Å². The summed E-state index contributed by atoms with van der Waals surface area (Å²) in [4.78, 5) is 12.7. The zero-order valence-corrected chi connectivity index (χ0v) is 11.6. The lowest BCUT2D eigenvalue weighted by Gasteiger charge is -2.09. The second-order valence-electron chi connectivity index (χ2n) is 3.83. The first-order valence-corrected chi connectivity index (χ1v) is 6.88. The Morgan fingerprint density at radius 2 is 2.20 bits per heavy atom. The van der Waals surface area contributed by atoms with Crippen molar-refractivity contribution in [2.24, 2.45) is 0 Å². The number of aromatic amines is 1. The summed E-state index contributed by atoms with van der Waals surface area (Å²) in [5, 5.41) is 18.8. The van der Waals surface area contributed by atoms with Crippen molar-refractivity contribution >= 4 is 34.5 Å². The largest absolute Gasteiger partial charge is 0.321 e. The lowest BCUT2D eigenvalue weighted by atomic mass is 10.1. The summed E-state index contributed by atoms with van der Waals surface area (Å²) in [6.45, 7) is 0. The van der Waals surface area contributed by atoms with Gasteiger partial charge in [-0.25, -0.2) is 0 Å². The van der Waals surface area contributed by atoms with Crippen LogP contribution in [0.4, 0.5) is 5.69 Å². The van der Waals surface area contributed by atoms with Gasteiger partial charge in [-0.3, -0.25) is 4.79 Å². The van der Waals surface area contributed by atoms with Crippen LogP contribution in [-0.4, -0.2) is 26.5 Å². The van der Waals surface area contributed by atoms with E-state index in [0.717, 1.165) is 0 Å². The van der Waals surface area contributed by atoms with Gasteiger partial charge in [0.2, 0.25) is 5.82 Å². The molecule has 20 heavy (non-hydrogen) atoms. The molecule has 0 aliphatic rings. The number of hydrogen-bond donors (Lipinski definition) is 2.